The normalized spacial score (nSPS) is 23.4. The number of nitrogens with zero attached hydrogens (tertiary/aromatic N) is 1. The summed E-state index contributed by atoms with van der Waals surface area (Å²) in [6, 6.07) is 6.71. The second-order valence-corrected chi connectivity index (χ2v) is 7.20. The summed E-state index contributed by atoms with van der Waals surface area (Å²) in [5.41, 5.74) is 0.786. The lowest BCUT2D eigenvalue weighted by Gasteiger charge is -2.38. The summed E-state index contributed by atoms with van der Waals surface area (Å²) in [5, 5.41) is 3.33. The van der Waals surface area contributed by atoms with Crippen LogP contribution in [0, 0.1) is 17.2 Å². The van der Waals surface area contributed by atoms with Crippen molar-refractivity contribution in [3.8, 4) is 0 Å². The first kappa shape index (κ1) is 17.4. The summed E-state index contributed by atoms with van der Waals surface area (Å²) in [7, 11) is 1.68. The lowest BCUT2D eigenvalue weighted by Crippen LogP contribution is -2.51. The highest BCUT2D eigenvalue weighted by Gasteiger charge is 2.43. The molecule has 24 heavy (non-hydrogen) atoms. The van der Waals surface area contributed by atoms with Crippen LogP contribution in [-0.4, -0.2) is 50.7 Å². The number of methoxy groups -OCH3 is 1. The third-order valence-electron chi connectivity index (χ3n) is 5.45. The summed E-state index contributed by atoms with van der Waals surface area (Å²) in [4.78, 5) is 15.1. The van der Waals surface area contributed by atoms with Gasteiger partial charge in [-0.1, -0.05) is 12.1 Å². The molecule has 1 N–H and O–H groups in total. The van der Waals surface area contributed by atoms with Crippen LogP contribution in [0.2, 0.25) is 0 Å². The van der Waals surface area contributed by atoms with Gasteiger partial charge in [-0.05, 0) is 62.4 Å². The van der Waals surface area contributed by atoms with E-state index < -0.39 is 0 Å². The molecule has 132 valence electrons. The molecule has 2 fully saturated rings. The zero-order valence-electron chi connectivity index (χ0n) is 14.4. The van der Waals surface area contributed by atoms with Crippen LogP contribution < -0.4 is 5.32 Å². The molecule has 2 aliphatic rings. The first-order chi connectivity index (χ1) is 11.6. The van der Waals surface area contributed by atoms with Gasteiger partial charge in [-0.15, -0.1) is 0 Å². The lowest BCUT2D eigenvalue weighted by atomic mass is 9.78. The Balaban J connectivity index is 1.61. The maximum atomic E-state index is 13.1. The van der Waals surface area contributed by atoms with Crippen LogP contribution in [0.4, 0.5) is 4.39 Å². The lowest BCUT2D eigenvalue weighted by molar-refractivity contribution is -0.146. The molecule has 5 heteroatoms. The Hall–Kier alpha value is -1.46. The van der Waals surface area contributed by atoms with Crippen molar-refractivity contribution >= 4 is 5.91 Å². The Morgan fingerprint density at radius 3 is 2.71 bits per heavy atom. The molecule has 0 radical (unpaired) electrons. The van der Waals surface area contributed by atoms with Crippen molar-refractivity contribution in [1.82, 2.24) is 10.2 Å². The van der Waals surface area contributed by atoms with Gasteiger partial charge in [0.15, 0.2) is 0 Å². The third kappa shape index (κ3) is 3.78. The highest BCUT2D eigenvalue weighted by molar-refractivity contribution is 5.83. The van der Waals surface area contributed by atoms with Crippen LogP contribution in [-0.2, 0) is 16.0 Å². The number of hydrogen-bond donors (Lipinski definition) is 1. The molecule has 3 rings (SSSR count). The van der Waals surface area contributed by atoms with Crippen molar-refractivity contribution in [3.63, 3.8) is 0 Å². The molecule has 0 aromatic heterocycles. The monoisotopic (exact) mass is 334 g/mol. The number of rotatable bonds is 5. The average Bonchev–Trinajstić information content (AvgIpc) is 3.06. The Kier molecular flexibility index (Phi) is 5.51. The van der Waals surface area contributed by atoms with Crippen LogP contribution in [0.25, 0.3) is 0 Å². The Labute approximate surface area is 143 Å². The maximum absolute atomic E-state index is 13.1. The summed E-state index contributed by atoms with van der Waals surface area (Å²) in [6.07, 6.45) is 3.62. The fourth-order valence-electron chi connectivity index (χ4n) is 4.07. The number of benzene rings is 1. The first-order valence-corrected chi connectivity index (χ1v) is 8.86. The van der Waals surface area contributed by atoms with E-state index in [-0.39, 0.29) is 17.1 Å². The molecule has 1 aromatic carbocycles. The van der Waals surface area contributed by atoms with Crippen molar-refractivity contribution < 1.29 is 13.9 Å². The van der Waals surface area contributed by atoms with E-state index in [0.717, 1.165) is 57.4 Å². The molecule has 2 heterocycles. The minimum absolute atomic E-state index is 0.200. The zero-order chi connectivity index (χ0) is 17.0. The summed E-state index contributed by atoms with van der Waals surface area (Å²) in [5.74, 6) is 0.516. The molecule has 2 saturated heterocycles. The summed E-state index contributed by atoms with van der Waals surface area (Å²) < 4.78 is 18.4. The van der Waals surface area contributed by atoms with Gasteiger partial charge < -0.3 is 15.0 Å². The van der Waals surface area contributed by atoms with E-state index in [9.17, 15) is 9.18 Å². The smallest absolute Gasteiger partial charge is 0.231 e. The maximum Gasteiger partial charge on any atom is 0.231 e. The van der Waals surface area contributed by atoms with E-state index in [1.54, 1.807) is 7.11 Å². The summed E-state index contributed by atoms with van der Waals surface area (Å²) >= 11 is 0. The number of likely N-dealkylation sites (tertiary alicyclic amines) is 1. The van der Waals surface area contributed by atoms with E-state index in [1.807, 2.05) is 17.0 Å². The van der Waals surface area contributed by atoms with Gasteiger partial charge in [0.2, 0.25) is 5.91 Å². The van der Waals surface area contributed by atoms with Gasteiger partial charge in [-0.3, -0.25) is 4.79 Å². The molecule has 0 saturated carbocycles. The molecule has 2 aliphatic heterocycles. The van der Waals surface area contributed by atoms with E-state index in [4.69, 9.17) is 4.74 Å². The molecule has 0 spiro atoms. The van der Waals surface area contributed by atoms with Crippen LogP contribution in [0.3, 0.4) is 0 Å². The molecular formula is C19H27FN2O2. The van der Waals surface area contributed by atoms with E-state index >= 15 is 0 Å². The zero-order valence-corrected chi connectivity index (χ0v) is 14.4. The number of ether oxygens (including phenoxy) is 1. The van der Waals surface area contributed by atoms with Crippen LogP contribution >= 0.6 is 0 Å². The molecule has 4 nitrogen and oxygen atoms in total. The van der Waals surface area contributed by atoms with Crippen molar-refractivity contribution in [2.75, 3.05) is 39.9 Å². The molecule has 1 unspecified atom stereocenters. The molecule has 0 aliphatic carbocycles. The number of carbonyl (C=O) groups is 1. The SMILES string of the molecule is COCC1(C(=O)N2CCC(Cc3ccc(F)cc3)C2)CCNCC1. The number of carbonyl (C=O) groups excluding carboxylic acids is 1. The fraction of sp³-hybridized carbons (Fsp3) is 0.632. The topological polar surface area (TPSA) is 41.6 Å². The Bertz CT molecular complexity index is 549. The van der Waals surface area contributed by atoms with Crippen molar-refractivity contribution in [3.05, 3.63) is 35.6 Å². The van der Waals surface area contributed by atoms with Gasteiger partial charge in [-0.25, -0.2) is 4.39 Å². The molecular weight excluding hydrogens is 307 g/mol. The van der Waals surface area contributed by atoms with Gasteiger partial charge in [0.1, 0.15) is 5.82 Å². The molecule has 1 atom stereocenters. The number of nitrogens with one attached hydrogen (secondary N) is 1. The van der Waals surface area contributed by atoms with Gasteiger partial charge >= 0.3 is 0 Å². The predicted molar refractivity (Wildman–Crippen MR) is 91.2 cm³/mol. The average molecular weight is 334 g/mol. The Morgan fingerprint density at radius 2 is 2.04 bits per heavy atom. The highest BCUT2D eigenvalue weighted by atomic mass is 19.1. The fourth-order valence-corrected chi connectivity index (χ4v) is 4.07. The second kappa shape index (κ2) is 7.62. The summed E-state index contributed by atoms with van der Waals surface area (Å²) in [6.45, 7) is 3.88. The minimum atomic E-state index is -0.356. The standard InChI is InChI=1S/C19H27FN2O2/c1-24-14-19(7-9-21-10-8-19)18(23)22-11-6-16(13-22)12-15-2-4-17(20)5-3-15/h2-5,16,21H,6-14H2,1H3. The number of halogens is 1. The van der Waals surface area contributed by atoms with Crippen LogP contribution in [0.5, 0.6) is 0 Å². The van der Waals surface area contributed by atoms with Crippen LogP contribution in [0.1, 0.15) is 24.8 Å². The quantitative estimate of drug-likeness (QED) is 0.898. The van der Waals surface area contributed by atoms with Gasteiger partial charge in [0, 0.05) is 20.2 Å². The van der Waals surface area contributed by atoms with Crippen molar-refractivity contribution in [2.45, 2.75) is 25.7 Å². The van der Waals surface area contributed by atoms with E-state index in [1.165, 1.54) is 12.1 Å². The van der Waals surface area contributed by atoms with E-state index in [2.05, 4.69) is 5.32 Å². The van der Waals surface area contributed by atoms with Gasteiger partial charge in [0.25, 0.3) is 0 Å². The number of hydrogen-bond acceptors (Lipinski definition) is 3. The molecule has 1 aromatic rings. The Morgan fingerprint density at radius 1 is 1.33 bits per heavy atom. The minimum Gasteiger partial charge on any atom is -0.384 e. The molecule has 1 amide bonds. The van der Waals surface area contributed by atoms with Gasteiger partial charge in [-0.2, -0.15) is 0 Å². The second-order valence-electron chi connectivity index (χ2n) is 7.20. The largest absolute Gasteiger partial charge is 0.384 e. The van der Waals surface area contributed by atoms with Gasteiger partial charge in [0.05, 0.1) is 12.0 Å². The predicted octanol–water partition coefficient (Wildman–Crippen LogP) is 2.23. The molecule has 0 bridgehead atoms. The van der Waals surface area contributed by atoms with Crippen molar-refractivity contribution in [2.24, 2.45) is 11.3 Å². The third-order valence-corrected chi connectivity index (χ3v) is 5.45. The number of piperidine rings is 1. The van der Waals surface area contributed by atoms with E-state index in [0.29, 0.717) is 12.5 Å². The van der Waals surface area contributed by atoms with Crippen molar-refractivity contribution in [1.29, 1.82) is 0 Å². The first-order valence-electron chi connectivity index (χ1n) is 8.86. The highest BCUT2D eigenvalue weighted by Crippen LogP contribution is 2.34. The number of amides is 1. The van der Waals surface area contributed by atoms with Crippen LogP contribution in [0.15, 0.2) is 24.3 Å².